The molecule has 1 amide bonds. The number of nitrogens with one attached hydrogen (secondary N) is 1. The molecule has 104 valence electrons. The molecule has 2 N–H and O–H groups in total. The van der Waals surface area contributed by atoms with Crippen LogP contribution in [0.15, 0.2) is 0 Å². The summed E-state index contributed by atoms with van der Waals surface area (Å²) in [4.78, 5) is 25.0. The van der Waals surface area contributed by atoms with Crippen LogP contribution in [0.5, 0.6) is 0 Å². The summed E-state index contributed by atoms with van der Waals surface area (Å²) in [5.41, 5.74) is -0.996. The predicted molar refractivity (Wildman–Crippen MR) is 69.3 cm³/mol. The van der Waals surface area contributed by atoms with Gasteiger partial charge in [-0.1, -0.05) is 6.92 Å². The lowest BCUT2D eigenvalue weighted by atomic mass is 9.89. The third-order valence-electron chi connectivity index (χ3n) is 3.62. The minimum atomic E-state index is -0.996. The monoisotopic (exact) mass is 256 g/mol. The van der Waals surface area contributed by atoms with E-state index in [0.29, 0.717) is 12.6 Å². The number of carbonyl (C=O) groups excluding carboxylic acids is 1. The highest BCUT2D eigenvalue weighted by molar-refractivity contribution is 5.84. The molecule has 1 atom stereocenters. The Morgan fingerprint density at radius 1 is 1.44 bits per heavy atom. The molecule has 5 heteroatoms. The molecule has 18 heavy (non-hydrogen) atoms. The molecule has 1 heterocycles. The number of likely N-dealkylation sites (N-methyl/N-ethyl adjacent to an activating group) is 1. The first-order valence-corrected chi connectivity index (χ1v) is 6.61. The zero-order chi connectivity index (χ0) is 13.8. The lowest BCUT2D eigenvalue weighted by molar-refractivity contribution is -0.149. The van der Waals surface area contributed by atoms with Crippen molar-refractivity contribution in [3.05, 3.63) is 0 Å². The summed E-state index contributed by atoms with van der Waals surface area (Å²) in [7, 11) is 0. The SMILES string of the molecule is CCN1CCCC1CNC(=O)CC(C)(C)C(=O)O. The van der Waals surface area contributed by atoms with Crippen molar-refractivity contribution >= 4 is 11.9 Å². The Bertz CT molecular complexity index is 315. The highest BCUT2D eigenvalue weighted by Gasteiger charge is 2.30. The van der Waals surface area contributed by atoms with E-state index in [1.54, 1.807) is 13.8 Å². The number of nitrogens with zero attached hydrogens (tertiary/aromatic N) is 1. The van der Waals surface area contributed by atoms with Crippen LogP contribution < -0.4 is 5.32 Å². The van der Waals surface area contributed by atoms with E-state index >= 15 is 0 Å². The number of hydrogen-bond donors (Lipinski definition) is 2. The van der Waals surface area contributed by atoms with Gasteiger partial charge in [0.15, 0.2) is 0 Å². The van der Waals surface area contributed by atoms with Crippen LogP contribution in [0.25, 0.3) is 0 Å². The number of carboxylic acid groups (broad SMARTS) is 1. The molecule has 0 spiro atoms. The zero-order valence-electron chi connectivity index (χ0n) is 11.5. The fourth-order valence-corrected chi connectivity index (χ4v) is 2.31. The van der Waals surface area contributed by atoms with Crippen molar-refractivity contribution in [1.29, 1.82) is 0 Å². The molecule has 0 aromatic carbocycles. The fraction of sp³-hybridized carbons (Fsp3) is 0.846. The van der Waals surface area contributed by atoms with Crippen molar-refractivity contribution < 1.29 is 14.7 Å². The first kappa shape index (κ1) is 15.0. The van der Waals surface area contributed by atoms with Crippen molar-refractivity contribution in [2.75, 3.05) is 19.6 Å². The molecule has 1 aliphatic rings. The Hall–Kier alpha value is -1.10. The molecule has 1 rings (SSSR count). The number of carbonyl (C=O) groups is 2. The average molecular weight is 256 g/mol. The van der Waals surface area contributed by atoms with Gasteiger partial charge in [-0.25, -0.2) is 0 Å². The minimum Gasteiger partial charge on any atom is -0.481 e. The maximum absolute atomic E-state index is 11.7. The number of aliphatic carboxylic acids is 1. The maximum atomic E-state index is 11.7. The molecular weight excluding hydrogens is 232 g/mol. The summed E-state index contributed by atoms with van der Waals surface area (Å²) >= 11 is 0. The Morgan fingerprint density at radius 2 is 2.11 bits per heavy atom. The van der Waals surface area contributed by atoms with Gasteiger partial charge >= 0.3 is 5.97 Å². The van der Waals surface area contributed by atoms with Gasteiger partial charge in [0.05, 0.1) is 5.41 Å². The van der Waals surface area contributed by atoms with Crippen molar-refractivity contribution in [3.8, 4) is 0 Å². The van der Waals surface area contributed by atoms with Crippen LogP contribution in [0.2, 0.25) is 0 Å². The van der Waals surface area contributed by atoms with E-state index in [-0.39, 0.29) is 12.3 Å². The summed E-state index contributed by atoms with van der Waals surface area (Å²) in [6, 6.07) is 0.409. The van der Waals surface area contributed by atoms with E-state index in [1.807, 2.05) is 0 Å². The third-order valence-corrected chi connectivity index (χ3v) is 3.62. The third kappa shape index (κ3) is 3.98. The average Bonchev–Trinajstić information content (AvgIpc) is 2.72. The van der Waals surface area contributed by atoms with E-state index in [9.17, 15) is 9.59 Å². The van der Waals surface area contributed by atoms with Crippen LogP contribution in [0.4, 0.5) is 0 Å². The fourth-order valence-electron chi connectivity index (χ4n) is 2.31. The Balaban J connectivity index is 2.35. The van der Waals surface area contributed by atoms with Gasteiger partial charge in [-0.05, 0) is 39.8 Å². The van der Waals surface area contributed by atoms with E-state index < -0.39 is 11.4 Å². The smallest absolute Gasteiger partial charge is 0.309 e. The largest absolute Gasteiger partial charge is 0.481 e. The topological polar surface area (TPSA) is 69.6 Å². The second-order valence-electron chi connectivity index (χ2n) is 5.59. The molecule has 1 saturated heterocycles. The van der Waals surface area contributed by atoms with Gasteiger partial charge < -0.3 is 10.4 Å². The second-order valence-corrected chi connectivity index (χ2v) is 5.59. The van der Waals surface area contributed by atoms with E-state index in [1.165, 1.54) is 6.42 Å². The first-order valence-electron chi connectivity index (χ1n) is 6.61. The highest BCUT2D eigenvalue weighted by atomic mass is 16.4. The number of likely N-dealkylation sites (tertiary alicyclic amines) is 1. The summed E-state index contributed by atoms with van der Waals surface area (Å²) in [6.45, 7) is 7.99. The van der Waals surface area contributed by atoms with Crippen molar-refractivity contribution in [1.82, 2.24) is 10.2 Å². The Morgan fingerprint density at radius 3 is 2.67 bits per heavy atom. The molecule has 1 unspecified atom stereocenters. The Kier molecular flexibility index (Phi) is 5.14. The van der Waals surface area contributed by atoms with Crippen LogP contribution >= 0.6 is 0 Å². The second kappa shape index (κ2) is 6.18. The molecule has 0 radical (unpaired) electrons. The van der Waals surface area contributed by atoms with Crippen LogP contribution in [-0.4, -0.2) is 47.6 Å². The Labute approximate surface area is 109 Å². The first-order chi connectivity index (χ1) is 8.36. The lowest BCUT2D eigenvalue weighted by Crippen LogP contribution is -2.41. The molecule has 1 fully saturated rings. The molecule has 0 aromatic heterocycles. The highest BCUT2D eigenvalue weighted by Crippen LogP contribution is 2.20. The number of amides is 1. The molecule has 0 saturated carbocycles. The van der Waals surface area contributed by atoms with Gasteiger partial charge in [0.25, 0.3) is 0 Å². The van der Waals surface area contributed by atoms with E-state index in [2.05, 4.69) is 17.1 Å². The van der Waals surface area contributed by atoms with Gasteiger partial charge in [0.2, 0.25) is 5.91 Å². The van der Waals surface area contributed by atoms with Crippen LogP contribution in [0, 0.1) is 5.41 Å². The summed E-state index contributed by atoms with van der Waals surface area (Å²) in [5.74, 6) is -1.11. The quantitative estimate of drug-likeness (QED) is 0.746. The van der Waals surface area contributed by atoms with Crippen molar-refractivity contribution in [2.24, 2.45) is 5.41 Å². The standard InChI is InChI=1S/C13H24N2O3/c1-4-15-7-5-6-10(15)9-14-11(16)8-13(2,3)12(17)18/h10H,4-9H2,1-3H3,(H,14,16)(H,17,18). The number of rotatable bonds is 6. The molecule has 0 aromatic rings. The van der Waals surface area contributed by atoms with E-state index in [0.717, 1.165) is 19.5 Å². The minimum absolute atomic E-state index is 0.0289. The van der Waals surface area contributed by atoms with E-state index in [4.69, 9.17) is 5.11 Å². The van der Waals surface area contributed by atoms with Gasteiger partial charge in [0, 0.05) is 19.0 Å². The van der Waals surface area contributed by atoms with Gasteiger partial charge in [0.1, 0.15) is 0 Å². The maximum Gasteiger partial charge on any atom is 0.309 e. The van der Waals surface area contributed by atoms with Gasteiger partial charge in [-0.15, -0.1) is 0 Å². The normalized spacial score (nSPS) is 20.9. The summed E-state index contributed by atoms with van der Waals surface area (Å²) in [6.07, 6.45) is 2.31. The van der Waals surface area contributed by atoms with Crippen molar-refractivity contribution in [2.45, 2.75) is 46.1 Å². The molecule has 1 aliphatic heterocycles. The number of hydrogen-bond acceptors (Lipinski definition) is 3. The molecule has 5 nitrogen and oxygen atoms in total. The van der Waals surface area contributed by atoms with Crippen LogP contribution in [0.3, 0.4) is 0 Å². The predicted octanol–water partition coefficient (Wildman–Crippen LogP) is 1.09. The summed E-state index contributed by atoms with van der Waals surface area (Å²) < 4.78 is 0. The summed E-state index contributed by atoms with van der Waals surface area (Å²) in [5, 5.41) is 11.8. The van der Waals surface area contributed by atoms with Crippen LogP contribution in [0.1, 0.15) is 40.0 Å². The number of carboxylic acids is 1. The molecule has 0 aliphatic carbocycles. The van der Waals surface area contributed by atoms with Gasteiger partial charge in [-0.2, -0.15) is 0 Å². The van der Waals surface area contributed by atoms with Crippen LogP contribution in [-0.2, 0) is 9.59 Å². The van der Waals surface area contributed by atoms with Gasteiger partial charge in [-0.3, -0.25) is 14.5 Å². The zero-order valence-corrected chi connectivity index (χ0v) is 11.5. The molecular formula is C13H24N2O3. The van der Waals surface area contributed by atoms with Crippen molar-refractivity contribution in [3.63, 3.8) is 0 Å². The molecule has 0 bridgehead atoms. The lowest BCUT2D eigenvalue weighted by Gasteiger charge is -2.24.